The molecule has 19 heavy (non-hydrogen) atoms. The van der Waals surface area contributed by atoms with Gasteiger partial charge in [-0.15, -0.1) is 5.10 Å². The third kappa shape index (κ3) is 2.57. The molecule has 4 nitrogen and oxygen atoms in total. The first kappa shape index (κ1) is 12.1. The van der Waals surface area contributed by atoms with Crippen LogP contribution in [0.15, 0.2) is 41.2 Å². The van der Waals surface area contributed by atoms with E-state index in [1.807, 2.05) is 36.4 Å². The monoisotopic (exact) mass is 289 g/mol. The molecule has 0 aliphatic rings. The molecular formula is C13H8ClN3OS. The van der Waals surface area contributed by atoms with E-state index in [4.69, 9.17) is 11.6 Å². The van der Waals surface area contributed by atoms with Gasteiger partial charge in [0.15, 0.2) is 0 Å². The van der Waals surface area contributed by atoms with Gasteiger partial charge in [-0.05, 0) is 23.2 Å². The third-order valence-corrected chi connectivity index (χ3v) is 3.49. The number of halogens is 1. The van der Waals surface area contributed by atoms with Crippen LogP contribution in [0, 0.1) is 0 Å². The van der Waals surface area contributed by atoms with Crippen molar-refractivity contribution < 1.29 is 0 Å². The predicted molar refractivity (Wildman–Crippen MR) is 77.5 cm³/mol. The second-order valence-electron chi connectivity index (χ2n) is 3.81. The number of fused-ring (bicyclic) bond motifs is 1. The minimum absolute atomic E-state index is 0.235. The van der Waals surface area contributed by atoms with Crippen LogP contribution < -0.4 is 5.56 Å². The highest BCUT2D eigenvalue weighted by Gasteiger charge is 2.05. The number of rotatable bonds is 2. The van der Waals surface area contributed by atoms with Crippen LogP contribution in [0.25, 0.3) is 17.1 Å². The molecule has 1 aromatic carbocycles. The van der Waals surface area contributed by atoms with Crippen LogP contribution in [0.1, 0.15) is 11.3 Å². The van der Waals surface area contributed by atoms with Crippen molar-refractivity contribution in [2.24, 2.45) is 0 Å². The topological polar surface area (TPSA) is 47.3 Å². The lowest BCUT2D eigenvalue weighted by Crippen LogP contribution is -2.14. The van der Waals surface area contributed by atoms with Crippen LogP contribution >= 0.6 is 22.9 Å². The second kappa shape index (κ2) is 4.95. The van der Waals surface area contributed by atoms with E-state index >= 15 is 0 Å². The summed E-state index contributed by atoms with van der Waals surface area (Å²) in [6.07, 6.45) is 3.70. The molecule has 6 heteroatoms. The Kier molecular flexibility index (Phi) is 3.15. The van der Waals surface area contributed by atoms with Gasteiger partial charge in [0.1, 0.15) is 0 Å². The van der Waals surface area contributed by atoms with Crippen molar-refractivity contribution in [3.05, 3.63) is 62.5 Å². The van der Waals surface area contributed by atoms with Gasteiger partial charge in [-0.3, -0.25) is 4.79 Å². The van der Waals surface area contributed by atoms with Crippen molar-refractivity contribution in [2.75, 3.05) is 0 Å². The van der Waals surface area contributed by atoms with Gasteiger partial charge in [-0.2, -0.15) is 4.52 Å². The zero-order chi connectivity index (χ0) is 13.2. The van der Waals surface area contributed by atoms with E-state index in [0.717, 1.165) is 5.56 Å². The van der Waals surface area contributed by atoms with Gasteiger partial charge in [0.05, 0.1) is 5.69 Å². The van der Waals surface area contributed by atoms with E-state index in [9.17, 15) is 4.79 Å². The fraction of sp³-hybridized carbons (Fsp3) is 0. The molecule has 0 spiro atoms. The summed E-state index contributed by atoms with van der Waals surface area (Å²) >= 11 is 6.94. The molecule has 0 saturated carbocycles. The quantitative estimate of drug-likeness (QED) is 0.729. The summed E-state index contributed by atoms with van der Waals surface area (Å²) in [6.45, 7) is 0. The Bertz CT molecular complexity index is 808. The highest BCUT2D eigenvalue weighted by Crippen LogP contribution is 2.16. The van der Waals surface area contributed by atoms with E-state index in [-0.39, 0.29) is 5.56 Å². The van der Waals surface area contributed by atoms with Crippen LogP contribution in [0.3, 0.4) is 0 Å². The van der Waals surface area contributed by atoms with Gasteiger partial charge in [0.2, 0.25) is 9.43 Å². The van der Waals surface area contributed by atoms with E-state index in [1.54, 1.807) is 6.08 Å². The highest BCUT2D eigenvalue weighted by atomic mass is 35.5. The van der Waals surface area contributed by atoms with Crippen LogP contribution in [0.4, 0.5) is 0 Å². The molecular weight excluding hydrogens is 282 g/mol. The van der Waals surface area contributed by atoms with Gasteiger partial charge in [-0.25, -0.2) is 4.98 Å². The summed E-state index contributed by atoms with van der Waals surface area (Å²) in [7, 11) is 0. The van der Waals surface area contributed by atoms with Gasteiger partial charge in [-0.1, -0.05) is 47.7 Å². The number of aromatic nitrogens is 3. The zero-order valence-electron chi connectivity index (χ0n) is 9.65. The van der Waals surface area contributed by atoms with Crippen LogP contribution in [-0.4, -0.2) is 14.6 Å². The summed E-state index contributed by atoms with van der Waals surface area (Å²) < 4.78 is 1.50. The van der Waals surface area contributed by atoms with E-state index in [0.29, 0.717) is 15.1 Å². The Balaban J connectivity index is 2.02. The first-order valence-corrected chi connectivity index (χ1v) is 6.71. The lowest BCUT2D eigenvalue weighted by Gasteiger charge is -1.94. The number of nitrogens with zero attached hydrogens (tertiary/aromatic N) is 3. The zero-order valence-corrected chi connectivity index (χ0v) is 11.2. The Morgan fingerprint density at radius 2 is 2.00 bits per heavy atom. The minimum atomic E-state index is -0.235. The Hall–Kier alpha value is -1.98. The SMILES string of the molecule is O=c1cc(/C=C/c2ccccc2)nc2sc(Cl)nn12. The lowest BCUT2D eigenvalue weighted by molar-refractivity contribution is 0.897. The maximum atomic E-state index is 11.8. The molecule has 2 aromatic heterocycles. The van der Waals surface area contributed by atoms with Crippen molar-refractivity contribution in [3.63, 3.8) is 0 Å². The van der Waals surface area contributed by atoms with Crippen molar-refractivity contribution in [3.8, 4) is 0 Å². The summed E-state index contributed by atoms with van der Waals surface area (Å²) in [5.41, 5.74) is 1.40. The maximum absolute atomic E-state index is 11.8. The molecule has 0 aliphatic heterocycles. The molecule has 0 N–H and O–H groups in total. The van der Waals surface area contributed by atoms with Crippen molar-refractivity contribution in [1.82, 2.24) is 14.6 Å². The molecule has 0 aliphatic carbocycles. The number of hydrogen-bond donors (Lipinski definition) is 0. The second-order valence-corrected chi connectivity index (χ2v) is 5.35. The molecule has 0 unspecified atom stereocenters. The van der Waals surface area contributed by atoms with Crippen molar-refractivity contribution in [1.29, 1.82) is 0 Å². The fourth-order valence-electron chi connectivity index (χ4n) is 1.64. The lowest BCUT2D eigenvalue weighted by atomic mass is 10.2. The predicted octanol–water partition coefficient (Wildman–Crippen LogP) is 2.97. The Morgan fingerprint density at radius 3 is 2.79 bits per heavy atom. The Labute approximate surface area is 117 Å². The first-order chi connectivity index (χ1) is 9.22. The van der Waals surface area contributed by atoms with Crippen molar-refractivity contribution in [2.45, 2.75) is 0 Å². The minimum Gasteiger partial charge on any atom is -0.267 e. The molecule has 3 rings (SSSR count). The van der Waals surface area contributed by atoms with Gasteiger partial charge < -0.3 is 0 Å². The summed E-state index contributed by atoms with van der Waals surface area (Å²) in [6, 6.07) is 11.2. The van der Waals surface area contributed by atoms with E-state index < -0.39 is 0 Å². The van der Waals surface area contributed by atoms with Crippen LogP contribution in [0.2, 0.25) is 4.47 Å². The van der Waals surface area contributed by atoms with E-state index in [2.05, 4.69) is 10.1 Å². The summed E-state index contributed by atoms with van der Waals surface area (Å²) in [5.74, 6) is 0. The molecule has 0 radical (unpaired) electrons. The molecule has 0 fully saturated rings. The van der Waals surface area contributed by atoms with Crippen molar-refractivity contribution >= 4 is 40.1 Å². The van der Waals surface area contributed by atoms with Crippen LogP contribution in [-0.2, 0) is 0 Å². The Morgan fingerprint density at radius 1 is 1.21 bits per heavy atom. The normalized spacial score (nSPS) is 11.4. The number of hydrogen-bond acceptors (Lipinski definition) is 4. The molecule has 0 atom stereocenters. The smallest absolute Gasteiger partial charge is 0.267 e. The molecule has 2 heterocycles. The largest absolute Gasteiger partial charge is 0.275 e. The maximum Gasteiger partial charge on any atom is 0.275 e. The molecule has 0 saturated heterocycles. The fourth-order valence-corrected chi connectivity index (χ4v) is 2.56. The highest BCUT2D eigenvalue weighted by molar-refractivity contribution is 7.20. The molecule has 94 valence electrons. The first-order valence-electron chi connectivity index (χ1n) is 5.52. The standard InChI is InChI=1S/C13H8ClN3OS/c14-12-16-17-11(18)8-10(15-13(17)19-12)7-6-9-4-2-1-3-5-9/h1-8H/b7-6+. The molecule has 0 amide bonds. The summed E-state index contributed by atoms with van der Waals surface area (Å²) in [5, 5.41) is 3.87. The van der Waals surface area contributed by atoms with Gasteiger partial charge in [0, 0.05) is 6.07 Å². The van der Waals surface area contributed by atoms with E-state index in [1.165, 1.54) is 21.9 Å². The summed E-state index contributed by atoms with van der Waals surface area (Å²) in [4.78, 5) is 16.6. The van der Waals surface area contributed by atoms with Crippen LogP contribution in [0.5, 0.6) is 0 Å². The number of benzene rings is 1. The average Bonchev–Trinajstić information content (AvgIpc) is 2.79. The average molecular weight is 290 g/mol. The van der Waals surface area contributed by atoms with Gasteiger partial charge >= 0.3 is 0 Å². The van der Waals surface area contributed by atoms with Gasteiger partial charge in [0.25, 0.3) is 5.56 Å². The molecule has 3 aromatic rings. The molecule has 0 bridgehead atoms. The third-order valence-electron chi connectivity index (χ3n) is 2.49.